The van der Waals surface area contributed by atoms with Gasteiger partial charge in [-0.25, -0.2) is 0 Å². The number of hydrogen-bond acceptors (Lipinski definition) is 2. The maximum absolute atomic E-state index is 12.1. The molecule has 0 aliphatic heterocycles. The van der Waals surface area contributed by atoms with Crippen molar-refractivity contribution in [2.24, 2.45) is 5.41 Å². The van der Waals surface area contributed by atoms with Crippen molar-refractivity contribution in [2.75, 3.05) is 13.1 Å². The molecule has 0 aromatic heterocycles. The highest BCUT2D eigenvalue weighted by molar-refractivity contribution is 5.82. The zero-order valence-corrected chi connectivity index (χ0v) is 9.05. The van der Waals surface area contributed by atoms with Gasteiger partial charge in [-0.15, -0.1) is 0 Å². The van der Waals surface area contributed by atoms with Gasteiger partial charge in [-0.2, -0.15) is 5.26 Å². The molecule has 3 heteroatoms. The zero-order chi connectivity index (χ0) is 10.6. The summed E-state index contributed by atoms with van der Waals surface area (Å²) in [5.41, 5.74) is -0.188. The van der Waals surface area contributed by atoms with Crippen LogP contribution < -0.4 is 0 Å². The van der Waals surface area contributed by atoms with Gasteiger partial charge >= 0.3 is 0 Å². The van der Waals surface area contributed by atoms with Gasteiger partial charge in [0.25, 0.3) is 0 Å². The number of rotatable bonds is 3. The molecule has 0 aromatic carbocycles. The van der Waals surface area contributed by atoms with E-state index in [0.29, 0.717) is 6.54 Å². The van der Waals surface area contributed by atoms with Gasteiger partial charge in [-0.05, 0) is 19.8 Å². The summed E-state index contributed by atoms with van der Waals surface area (Å²) in [6, 6.07) is 2.05. The summed E-state index contributed by atoms with van der Waals surface area (Å²) in [6.07, 6.45) is 4.25. The third kappa shape index (κ3) is 2.06. The highest BCUT2D eigenvalue weighted by Crippen LogP contribution is 2.38. The molecule has 1 fully saturated rings. The van der Waals surface area contributed by atoms with Crippen LogP contribution in [0.1, 0.15) is 39.5 Å². The second-order valence-electron chi connectivity index (χ2n) is 4.25. The lowest BCUT2D eigenvalue weighted by Gasteiger charge is -2.29. The van der Waals surface area contributed by atoms with Crippen LogP contribution in [0.15, 0.2) is 0 Å². The highest BCUT2D eigenvalue weighted by Gasteiger charge is 2.38. The van der Waals surface area contributed by atoms with Crippen LogP contribution in [0.25, 0.3) is 0 Å². The fourth-order valence-electron chi connectivity index (χ4n) is 2.16. The van der Waals surface area contributed by atoms with Crippen molar-refractivity contribution in [1.82, 2.24) is 4.90 Å². The number of carbonyl (C=O) groups is 1. The first-order chi connectivity index (χ1) is 6.64. The first kappa shape index (κ1) is 11.0. The molecule has 0 saturated heterocycles. The van der Waals surface area contributed by atoms with Crippen LogP contribution in [0.2, 0.25) is 0 Å². The Hall–Kier alpha value is -1.04. The summed E-state index contributed by atoms with van der Waals surface area (Å²) in [5, 5.41) is 8.60. The first-order valence-corrected chi connectivity index (χ1v) is 5.30. The van der Waals surface area contributed by atoms with Crippen molar-refractivity contribution in [3.05, 3.63) is 0 Å². The van der Waals surface area contributed by atoms with Crippen molar-refractivity contribution >= 4 is 5.91 Å². The van der Waals surface area contributed by atoms with E-state index in [1.54, 1.807) is 4.90 Å². The molecular formula is C11H18N2O. The highest BCUT2D eigenvalue weighted by atomic mass is 16.2. The van der Waals surface area contributed by atoms with Crippen LogP contribution in [-0.4, -0.2) is 23.9 Å². The fraction of sp³-hybridized carbons (Fsp3) is 0.818. The molecule has 0 heterocycles. The molecule has 3 nitrogen and oxygen atoms in total. The van der Waals surface area contributed by atoms with E-state index in [9.17, 15) is 4.79 Å². The van der Waals surface area contributed by atoms with E-state index in [4.69, 9.17) is 5.26 Å². The van der Waals surface area contributed by atoms with E-state index in [1.165, 1.54) is 0 Å². The number of nitrogens with zero attached hydrogens (tertiary/aromatic N) is 2. The summed E-state index contributed by atoms with van der Waals surface area (Å²) in [4.78, 5) is 13.7. The Balaban J connectivity index is 2.67. The lowest BCUT2D eigenvalue weighted by atomic mass is 9.87. The minimum absolute atomic E-state index is 0.166. The smallest absolute Gasteiger partial charge is 0.229 e. The van der Waals surface area contributed by atoms with Crippen molar-refractivity contribution in [3.8, 4) is 6.07 Å². The third-order valence-corrected chi connectivity index (χ3v) is 3.15. The van der Waals surface area contributed by atoms with E-state index in [-0.39, 0.29) is 17.9 Å². The average Bonchev–Trinajstić information content (AvgIpc) is 2.62. The predicted octanol–water partition coefficient (Wildman–Crippen LogP) is 1.94. The lowest BCUT2D eigenvalue weighted by molar-refractivity contribution is -0.140. The normalized spacial score (nSPS) is 18.9. The molecular weight excluding hydrogens is 176 g/mol. The fourth-order valence-corrected chi connectivity index (χ4v) is 2.16. The van der Waals surface area contributed by atoms with Gasteiger partial charge in [-0.3, -0.25) is 4.79 Å². The largest absolute Gasteiger partial charge is 0.329 e. The van der Waals surface area contributed by atoms with Crippen LogP contribution in [0.5, 0.6) is 0 Å². The van der Waals surface area contributed by atoms with E-state index in [1.807, 2.05) is 19.9 Å². The molecule has 1 aliphatic carbocycles. The molecule has 1 amide bonds. The van der Waals surface area contributed by atoms with Crippen LogP contribution >= 0.6 is 0 Å². The van der Waals surface area contributed by atoms with E-state index < -0.39 is 0 Å². The minimum Gasteiger partial charge on any atom is -0.329 e. The van der Waals surface area contributed by atoms with Crippen molar-refractivity contribution in [2.45, 2.75) is 39.5 Å². The number of carbonyl (C=O) groups excluding carboxylic acids is 1. The monoisotopic (exact) mass is 194 g/mol. The molecule has 0 N–H and O–H groups in total. The molecule has 1 saturated carbocycles. The van der Waals surface area contributed by atoms with Gasteiger partial charge in [0.15, 0.2) is 0 Å². The Bertz CT molecular complexity index is 249. The first-order valence-electron chi connectivity index (χ1n) is 5.30. The van der Waals surface area contributed by atoms with Gasteiger partial charge < -0.3 is 4.90 Å². The summed E-state index contributed by atoms with van der Waals surface area (Å²) < 4.78 is 0. The van der Waals surface area contributed by atoms with E-state index >= 15 is 0 Å². The molecule has 0 unspecified atom stereocenters. The molecule has 0 radical (unpaired) electrons. The number of hydrogen-bond donors (Lipinski definition) is 0. The number of amides is 1. The van der Waals surface area contributed by atoms with Crippen LogP contribution in [0.3, 0.4) is 0 Å². The summed E-state index contributed by atoms with van der Waals surface area (Å²) in [7, 11) is 0. The second-order valence-corrected chi connectivity index (χ2v) is 4.25. The van der Waals surface area contributed by atoms with Gasteiger partial charge in [0.2, 0.25) is 5.91 Å². The second kappa shape index (κ2) is 4.45. The molecule has 0 spiro atoms. The Labute approximate surface area is 85.7 Å². The molecule has 0 aromatic rings. The topological polar surface area (TPSA) is 44.1 Å². The SMILES string of the molecule is CCN(CC#N)C(=O)C1(C)CCCC1. The summed E-state index contributed by atoms with van der Waals surface area (Å²) in [5.74, 6) is 0.166. The maximum Gasteiger partial charge on any atom is 0.229 e. The minimum atomic E-state index is -0.188. The third-order valence-electron chi connectivity index (χ3n) is 3.15. The van der Waals surface area contributed by atoms with Gasteiger partial charge in [-0.1, -0.05) is 19.8 Å². The Morgan fingerprint density at radius 2 is 2.07 bits per heavy atom. The van der Waals surface area contributed by atoms with Crippen LogP contribution in [-0.2, 0) is 4.79 Å². The molecule has 1 aliphatic rings. The van der Waals surface area contributed by atoms with Gasteiger partial charge in [0, 0.05) is 12.0 Å². The predicted molar refractivity (Wildman–Crippen MR) is 54.4 cm³/mol. The average molecular weight is 194 g/mol. The summed E-state index contributed by atoms with van der Waals surface area (Å²) in [6.45, 7) is 4.82. The molecule has 78 valence electrons. The molecule has 0 bridgehead atoms. The van der Waals surface area contributed by atoms with E-state index in [0.717, 1.165) is 25.7 Å². The van der Waals surface area contributed by atoms with Crippen molar-refractivity contribution in [1.29, 1.82) is 5.26 Å². The molecule has 0 atom stereocenters. The Kier molecular flexibility index (Phi) is 3.51. The maximum atomic E-state index is 12.1. The van der Waals surface area contributed by atoms with Crippen LogP contribution in [0.4, 0.5) is 0 Å². The molecule has 1 rings (SSSR count). The Morgan fingerprint density at radius 3 is 2.50 bits per heavy atom. The lowest BCUT2D eigenvalue weighted by Crippen LogP contribution is -2.41. The van der Waals surface area contributed by atoms with Crippen molar-refractivity contribution < 1.29 is 4.79 Å². The van der Waals surface area contributed by atoms with E-state index in [2.05, 4.69) is 0 Å². The van der Waals surface area contributed by atoms with Gasteiger partial charge in [0.1, 0.15) is 6.54 Å². The Morgan fingerprint density at radius 1 is 1.50 bits per heavy atom. The number of nitriles is 1. The van der Waals surface area contributed by atoms with Crippen LogP contribution in [0, 0.1) is 16.7 Å². The summed E-state index contributed by atoms with van der Waals surface area (Å²) >= 11 is 0. The quantitative estimate of drug-likeness (QED) is 0.644. The van der Waals surface area contributed by atoms with Crippen molar-refractivity contribution in [3.63, 3.8) is 0 Å². The standard InChI is InChI=1S/C11H18N2O/c1-3-13(9-8-12)10(14)11(2)6-4-5-7-11/h3-7,9H2,1-2H3. The zero-order valence-electron chi connectivity index (χ0n) is 9.05. The molecule has 14 heavy (non-hydrogen) atoms. The van der Waals surface area contributed by atoms with Gasteiger partial charge in [0.05, 0.1) is 6.07 Å².